The van der Waals surface area contributed by atoms with Crippen molar-refractivity contribution in [1.82, 2.24) is 4.31 Å². The molecule has 0 spiro atoms. The Morgan fingerprint density at radius 2 is 2.06 bits per heavy atom. The standard InChI is InChI=1S/C10H22N2O3S/c1-10(2,3)8-16(13,14)12-4-5-15-9(6-11)7-12/h9H,4-8,11H2,1-3H3. The van der Waals surface area contributed by atoms with E-state index in [1.807, 2.05) is 20.8 Å². The predicted molar refractivity (Wildman–Crippen MR) is 63.6 cm³/mol. The van der Waals surface area contributed by atoms with E-state index in [0.29, 0.717) is 26.2 Å². The van der Waals surface area contributed by atoms with E-state index in [1.165, 1.54) is 4.31 Å². The summed E-state index contributed by atoms with van der Waals surface area (Å²) in [7, 11) is -3.19. The largest absolute Gasteiger partial charge is 0.374 e. The van der Waals surface area contributed by atoms with Gasteiger partial charge in [-0.2, -0.15) is 4.31 Å². The van der Waals surface area contributed by atoms with Gasteiger partial charge < -0.3 is 10.5 Å². The topological polar surface area (TPSA) is 72.6 Å². The molecule has 1 fully saturated rings. The van der Waals surface area contributed by atoms with E-state index in [0.717, 1.165) is 0 Å². The average Bonchev–Trinajstić information content (AvgIpc) is 2.14. The third-order valence-electron chi connectivity index (χ3n) is 2.37. The monoisotopic (exact) mass is 250 g/mol. The Hall–Kier alpha value is -0.170. The van der Waals surface area contributed by atoms with Crippen LogP contribution >= 0.6 is 0 Å². The minimum Gasteiger partial charge on any atom is -0.374 e. The van der Waals surface area contributed by atoms with Gasteiger partial charge in [0.05, 0.1) is 18.5 Å². The first-order valence-corrected chi connectivity index (χ1v) is 7.15. The van der Waals surface area contributed by atoms with Crippen LogP contribution < -0.4 is 5.73 Å². The summed E-state index contributed by atoms with van der Waals surface area (Å²) in [4.78, 5) is 0. The lowest BCUT2D eigenvalue weighted by Crippen LogP contribution is -2.49. The Kier molecular flexibility index (Phi) is 4.34. The van der Waals surface area contributed by atoms with Crippen LogP contribution in [-0.2, 0) is 14.8 Å². The lowest BCUT2D eigenvalue weighted by molar-refractivity contribution is 0.00431. The van der Waals surface area contributed by atoms with E-state index in [9.17, 15) is 8.42 Å². The van der Waals surface area contributed by atoms with Gasteiger partial charge in [-0.1, -0.05) is 20.8 Å². The van der Waals surface area contributed by atoms with Gasteiger partial charge in [-0.3, -0.25) is 0 Å². The molecule has 1 heterocycles. The van der Waals surface area contributed by atoms with Gasteiger partial charge in [0.15, 0.2) is 0 Å². The highest BCUT2D eigenvalue weighted by Gasteiger charge is 2.31. The van der Waals surface area contributed by atoms with Gasteiger partial charge in [0, 0.05) is 19.6 Å². The number of sulfonamides is 1. The molecule has 0 aromatic heterocycles. The van der Waals surface area contributed by atoms with Crippen molar-refractivity contribution < 1.29 is 13.2 Å². The Bertz CT molecular complexity index is 321. The molecule has 1 aliphatic heterocycles. The third kappa shape index (κ3) is 4.01. The van der Waals surface area contributed by atoms with Crippen LogP contribution in [0.4, 0.5) is 0 Å². The first-order valence-electron chi connectivity index (χ1n) is 5.54. The Morgan fingerprint density at radius 1 is 1.44 bits per heavy atom. The molecule has 5 nitrogen and oxygen atoms in total. The summed E-state index contributed by atoms with van der Waals surface area (Å²) < 4.78 is 31.0. The fourth-order valence-corrected chi connectivity index (χ4v) is 3.75. The Morgan fingerprint density at radius 3 is 2.56 bits per heavy atom. The summed E-state index contributed by atoms with van der Waals surface area (Å²) in [6.45, 7) is 7.39. The van der Waals surface area contributed by atoms with Crippen LogP contribution in [0.15, 0.2) is 0 Å². The molecule has 0 aromatic rings. The summed E-state index contributed by atoms with van der Waals surface area (Å²) in [6, 6.07) is 0. The zero-order chi connectivity index (χ0) is 12.4. The fourth-order valence-electron chi connectivity index (χ4n) is 1.73. The van der Waals surface area contributed by atoms with Crippen molar-refractivity contribution in [2.45, 2.75) is 26.9 Å². The molecule has 0 amide bonds. The molecule has 6 heteroatoms. The normalized spacial score (nSPS) is 24.6. The van der Waals surface area contributed by atoms with Crippen molar-refractivity contribution in [2.75, 3.05) is 32.0 Å². The zero-order valence-corrected chi connectivity index (χ0v) is 11.1. The second kappa shape index (κ2) is 5.00. The van der Waals surface area contributed by atoms with Crippen LogP contribution in [0.3, 0.4) is 0 Å². The zero-order valence-electron chi connectivity index (χ0n) is 10.3. The first-order chi connectivity index (χ1) is 7.24. The van der Waals surface area contributed by atoms with Crippen LogP contribution in [0.25, 0.3) is 0 Å². The lowest BCUT2D eigenvalue weighted by Gasteiger charge is -2.33. The fraction of sp³-hybridized carbons (Fsp3) is 1.00. The third-order valence-corrected chi connectivity index (χ3v) is 4.72. The summed E-state index contributed by atoms with van der Waals surface area (Å²) in [6.07, 6.45) is -0.163. The molecule has 1 unspecified atom stereocenters. The minimum atomic E-state index is -3.19. The highest BCUT2D eigenvalue weighted by atomic mass is 32.2. The second-order valence-corrected chi connectivity index (χ2v) is 7.37. The van der Waals surface area contributed by atoms with Crippen molar-refractivity contribution in [3.8, 4) is 0 Å². The maximum Gasteiger partial charge on any atom is 0.214 e. The number of hydrogen-bond donors (Lipinski definition) is 1. The number of nitrogens with two attached hydrogens (primary N) is 1. The molecule has 0 aliphatic carbocycles. The number of hydrogen-bond acceptors (Lipinski definition) is 4. The van der Waals surface area contributed by atoms with Gasteiger partial charge in [-0.15, -0.1) is 0 Å². The molecule has 1 atom stereocenters. The van der Waals surface area contributed by atoms with Crippen molar-refractivity contribution in [3.05, 3.63) is 0 Å². The molecular formula is C10H22N2O3S. The van der Waals surface area contributed by atoms with Crippen molar-refractivity contribution in [2.24, 2.45) is 11.1 Å². The molecule has 1 rings (SSSR count). The van der Waals surface area contributed by atoms with Crippen LogP contribution in [0.2, 0.25) is 0 Å². The quantitative estimate of drug-likeness (QED) is 0.766. The van der Waals surface area contributed by atoms with Crippen LogP contribution in [0.5, 0.6) is 0 Å². The maximum atomic E-state index is 12.1. The Labute approximate surface area is 98.0 Å². The highest BCUT2D eigenvalue weighted by Crippen LogP contribution is 2.20. The molecule has 0 aromatic carbocycles. The van der Waals surface area contributed by atoms with Gasteiger partial charge >= 0.3 is 0 Å². The number of morpholine rings is 1. The molecule has 16 heavy (non-hydrogen) atoms. The molecule has 0 bridgehead atoms. The summed E-state index contributed by atoms with van der Waals surface area (Å²) >= 11 is 0. The van der Waals surface area contributed by atoms with Crippen LogP contribution in [0, 0.1) is 5.41 Å². The van der Waals surface area contributed by atoms with E-state index >= 15 is 0 Å². The van der Waals surface area contributed by atoms with E-state index in [2.05, 4.69) is 0 Å². The molecule has 1 aliphatic rings. The van der Waals surface area contributed by atoms with Gasteiger partial charge in [0.25, 0.3) is 0 Å². The van der Waals surface area contributed by atoms with Crippen molar-refractivity contribution >= 4 is 10.0 Å². The lowest BCUT2D eigenvalue weighted by atomic mass is 10.0. The SMILES string of the molecule is CC(C)(C)CS(=O)(=O)N1CCOC(CN)C1. The van der Waals surface area contributed by atoms with Crippen LogP contribution in [-0.4, -0.2) is 50.8 Å². The molecule has 0 saturated carbocycles. The van der Waals surface area contributed by atoms with Gasteiger partial charge in [-0.05, 0) is 5.41 Å². The number of nitrogens with zero attached hydrogens (tertiary/aromatic N) is 1. The van der Waals surface area contributed by atoms with E-state index in [1.54, 1.807) is 0 Å². The first kappa shape index (κ1) is 13.9. The number of rotatable bonds is 3. The van der Waals surface area contributed by atoms with Crippen LogP contribution in [0.1, 0.15) is 20.8 Å². The average molecular weight is 250 g/mol. The minimum absolute atomic E-state index is 0.163. The summed E-state index contributed by atoms with van der Waals surface area (Å²) in [5.74, 6) is 0.164. The smallest absolute Gasteiger partial charge is 0.214 e. The molecular weight excluding hydrogens is 228 g/mol. The predicted octanol–water partition coefficient (Wildman–Crippen LogP) is 0.0218. The summed E-state index contributed by atoms with van der Waals surface area (Å²) in [5.41, 5.74) is 5.26. The second-order valence-electron chi connectivity index (χ2n) is 5.40. The highest BCUT2D eigenvalue weighted by molar-refractivity contribution is 7.89. The maximum absolute atomic E-state index is 12.1. The molecule has 1 saturated heterocycles. The molecule has 0 radical (unpaired) electrons. The van der Waals surface area contributed by atoms with Crippen molar-refractivity contribution in [3.63, 3.8) is 0 Å². The molecule has 2 N–H and O–H groups in total. The van der Waals surface area contributed by atoms with E-state index in [-0.39, 0.29) is 17.3 Å². The van der Waals surface area contributed by atoms with E-state index < -0.39 is 10.0 Å². The van der Waals surface area contributed by atoms with E-state index in [4.69, 9.17) is 10.5 Å². The van der Waals surface area contributed by atoms with Gasteiger partial charge in [0.1, 0.15) is 0 Å². The number of ether oxygens (including phenoxy) is 1. The van der Waals surface area contributed by atoms with Crippen molar-refractivity contribution in [1.29, 1.82) is 0 Å². The van der Waals surface area contributed by atoms with Gasteiger partial charge in [0.2, 0.25) is 10.0 Å². The van der Waals surface area contributed by atoms with Gasteiger partial charge in [-0.25, -0.2) is 8.42 Å². The molecule has 96 valence electrons. The summed E-state index contributed by atoms with van der Waals surface area (Å²) in [5, 5.41) is 0. The Balaban J connectivity index is 2.68.